The molecule has 0 saturated heterocycles. The van der Waals surface area contributed by atoms with Gasteiger partial charge in [0, 0.05) is 0 Å². The fourth-order valence-electron chi connectivity index (χ4n) is 2.23. The van der Waals surface area contributed by atoms with Crippen molar-refractivity contribution in [1.82, 2.24) is 0 Å². The lowest BCUT2D eigenvalue weighted by molar-refractivity contribution is -0.318. The van der Waals surface area contributed by atoms with Crippen LogP contribution in [0, 0.1) is 0 Å². The first-order chi connectivity index (χ1) is 10.3. The molecule has 118 valence electrons. The van der Waals surface area contributed by atoms with Crippen LogP contribution in [-0.4, -0.2) is 10.5 Å². The maximum Gasteiger partial charge on any atom is 0.123 e. The molecule has 0 bridgehead atoms. The average molecular weight is 302 g/mol. The minimum atomic E-state index is -0.731. The molecule has 22 heavy (non-hydrogen) atoms. The summed E-state index contributed by atoms with van der Waals surface area (Å²) in [7, 11) is 0. The van der Waals surface area contributed by atoms with Gasteiger partial charge in [0.25, 0.3) is 0 Å². The number of benzene rings is 2. The lowest BCUT2D eigenvalue weighted by Crippen LogP contribution is -2.19. The van der Waals surface area contributed by atoms with Crippen molar-refractivity contribution in [1.29, 1.82) is 0 Å². The van der Waals surface area contributed by atoms with Crippen molar-refractivity contribution in [2.75, 3.05) is 0 Å². The molecule has 0 radical (unpaired) electrons. The van der Waals surface area contributed by atoms with Crippen molar-refractivity contribution >= 4 is 0 Å². The summed E-state index contributed by atoms with van der Waals surface area (Å²) in [5.74, 6) is 0. The van der Waals surface area contributed by atoms with Gasteiger partial charge in [0.1, 0.15) is 11.2 Å². The van der Waals surface area contributed by atoms with E-state index in [0.717, 1.165) is 22.3 Å². The van der Waals surface area contributed by atoms with Gasteiger partial charge in [-0.25, -0.2) is 9.78 Å². The van der Waals surface area contributed by atoms with Crippen molar-refractivity contribution in [3.63, 3.8) is 0 Å². The van der Waals surface area contributed by atoms with Crippen molar-refractivity contribution in [2.45, 2.75) is 38.9 Å². The first-order valence-electron chi connectivity index (χ1n) is 7.17. The van der Waals surface area contributed by atoms with Gasteiger partial charge < -0.3 is 0 Å². The van der Waals surface area contributed by atoms with E-state index in [9.17, 15) is 0 Å². The molecule has 0 amide bonds. The highest BCUT2D eigenvalue weighted by Crippen LogP contribution is 2.29. The van der Waals surface area contributed by atoms with E-state index in [-0.39, 0.29) is 0 Å². The molecule has 0 saturated carbocycles. The highest BCUT2D eigenvalue weighted by molar-refractivity contribution is 5.64. The van der Waals surface area contributed by atoms with Crippen molar-refractivity contribution in [3.05, 3.63) is 59.7 Å². The third kappa shape index (κ3) is 3.36. The zero-order valence-corrected chi connectivity index (χ0v) is 13.3. The second-order valence-corrected chi connectivity index (χ2v) is 6.36. The van der Waals surface area contributed by atoms with E-state index in [1.165, 1.54) is 0 Å². The Hall–Kier alpha value is -1.72. The molecule has 0 heterocycles. The van der Waals surface area contributed by atoms with E-state index >= 15 is 0 Å². The van der Waals surface area contributed by atoms with Crippen LogP contribution in [0.3, 0.4) is 0 Å². The fraction of sp³-hybridized carbons (Fsp3) is 0.333. The molecule has 2 N–H and O–H groups in total. The largest absolute Gasteiger partial charge is 0.251 e. The minimum absolute atomic E-state index is 0.731. The molecule has 0 aliphatic heterocycles. The molecule has 0 atom stereocenters. The van der Waals surface area contributed by atoms with Crippen LogP contribution in [0.2, 0.25) is 0 Å². The van der Waals surface area contributed by atoms with Gasteiger partial charge in [0.05, 0.1) is 0 Å². The number of rotatable bonds is 5. The van der Waals surface area contributed by atoms with Crippen LogP contribution in [0.15, 0.2) is 48.5 Å². The Morgan fingerprint density at radius 2 is 0.864 bits per heavy atom. The van der Waals surface area contributed by atoms with Gasteiger partial charge in [-0.05, 0) is 49.9 Å². The molecule has 0 fully saturated rings. The molecule has 0 aliphatic rings. The maximum absolute atomic E-state index is 8.93. The van der Waals surface area contributed by atoms with Crippen LogP contribution >= 0.6 is 0 Å². The van der Waals surface area contributed by atoms with E-state index in [1.807, 2.05) is 48.5 Å². The van der Waals surface area contributed by atoms with E-state index in [2.05, 4.69) is 9.78 Å². The molecule has 0 unspecified atom stereocenters. The molecular weight excluding hydrogens is 280 g/mol. The Balaban J connectivity index is 2.26. The maximum atomic E-state index is 8.93. The van der Waals surface area contributed by atoms with Gasteiger partial charge in [-0.2, -0.15) is 0 Å². The Bertz CT molecular complexity index is 555. The van der Waals surface area contributed by atoms with Crippen LogP contribution in [0.5, 0.6) is 0 Å². The van der Waals surface area contributed by atoms with Gasteiger partial charge in [0.15, 0.2) is 0 Å². The fourth-order valence-corrected chi connectivity index (χ4v) is 2.23. The Labute approximate surface area is 130 Å². The second-order valence-electron chi connectivity index (χ2n) is 6.36. The quantitative estimate of drug-likeness (QED) is 0.615. The summed E-state index contributed by atoms with van der Waals surface area (Å²) in [5.41, 5.74) is 2.45. The molecule has 2 aromatic rings. The predicted molar refractivity (Wildman–Crippen MR) is 85.4 cm³/mol. The van der Waals surface area contributed by atoms with Gasteiger partial charge in [-0.15, -0.1) is 0 Å². The van der Waals surface area contributed by atoms with Crippen LogP contribution in [0.4, 0.5) is 0 Å². The first-order valence-corrected chi connectivity index (χ1v) is 7.17. The van der Waals surface area contributed by atoms with E-state index < -0.39 is 11.2 Å². The molecule has 2 aromatic carbocycles. The standard InChI is InChI=1S/C18H22O4/c1-17(2,21-19)15-9-5-13(6-10-15)14-7-11-16(12-8-14)18(3,4)22-20/h5-12,19-20H,1-4H3. The third-order valence-electron chi connectivity index (χ3n) is 3.95. The first kappa shape index (κ1) is 16.6. The molecule has 0 aliphatic carbocycles. The Kier molecular flexibility index (Phi) is 4.68. The molecule has 2 rings (SSSR count). The molecule has 4 heteroatoms. The summed E-state index contributed by atoms with van der Waals surface area (Å²) < 4.78 is 0. The summed E-state index contributed by atoms with van der Waals surface area (Å²) >= 11 is 0. The number of hydrogen-bond acceptors (Lipinski definition) is 4. The molecule has 0 spiro atoms. The lowest BCUT2D eigenvalue weighted by atomic mass is 9.93. The summed E-state index contributed by atoms with van der Waals surface area (Å²) in [5, 5.41) is 17.9. The van der Waals surface area contributed by atoms with Gasteiger partial charge in [-0.1, -0.05) is 48.5 Å². The Morgan fingerprint density at radius 1 is 0.591 bits per heavy atom. The SMILES string of the molecule is CC(C)(OO)c1ccc(-c2ccc(C(C)(C)OO)cc2)cc1. The van der Waals surface area contributed by atoms with Gasteiger partial charge in [-0.3, -0.25) is 10.5 Å². The van der Waals surface area contributed by atoms with Crippen molar-refractivity contribution in [2.24, 2.45) is 0 Å². The number of hydrogen-bond donors (Lipinski definition) is 2. The lowest BCUT2D eigenvalue weighted by Gasteiger charge is -2.22. The summed E-state index contributed by atoms with van der Waals surface area (Å²) in [6.07, 6.45) is 0. The van der Waals surface area contributed by atoms with Crippen LogP contribution in [-0.2, 0) is 21.0 Å². The van der Waals surface area contributed by atoms with Crippen molar-refractivity contribution in [3.8, 4) is 11.1 Å². The predicted octanol–water partition coefficient (Wildman–Crippen LogP) is 4.80. The summed E-state index contributed by atoms with van der Waals surface area (Å²) in [6.45, 7) is 7.20. The molecule has 4 nitrogen and oxygen atoms in total. The summed E-state index contributed by atoms with van der Waals surface area (Å²) in [4.78, 5) is 8.99. The molecule has 0 aromatic heterocycles. The van der Waals surface area contributed by atoms with Crippen LogP contribution in [0.25, 0.3) is 11.1 Å². The van der Waals surface area contributed by atoms with Crippen LogP contribution < -0.4 is 0 Å². The zero-order chi connectivity index (χ0) is 16.4. The minimum Gasteiger partial charge on any atom is -0.251 e. The monoisotopic (exact) mass is 302 g/mol. The zero-order valence-electron chi connectivity index (χ0n) is 13.3. The van der Waals surface area contributed by atoms with E-state index in [1.54, 1.807) is 27.7 Å². The van der Waals surface area contributed by atoms with E-state index in [4.69, 9.17) is 10.5 Å². The Morgan fingerprint density at radius 3 is 1.09 bits per heavy atom. The average Bonchev–Trinajstić information content (AvgIpc) is 2.55. The van der Waals surface area contributed by atoms with Crippen molar-refractivity contribution < 1.29 is 20.3 Å². The topological polar surface area (TPSA) is 58.9 Å². The van der Waals surface area contributed by atoms with Gasteiger partial charge >= 0.3 is 0 Å². The van der Waals surface area contributed by atoms with Gasteiger partial charge in [0.2, 0.25) is 0 Å². The second kappa shape index (κ2) is 6.18. The molecular formula is C18H22O4. The summed E-state index contributed by atoms with van der Waals surface area (Å²) in [6, 6.07) is 15.7. The van der Waals surface area contributed by atoms with Crippen LogP contribution in [0.1, 0.15) is 38.8 Å². The highest BCUT2D eigenvalue weighted by atomic mass is 17.1. The third-order valence-corrected chi connectivity index (χ3v) is 3.95. The highest BCUT2D eigenvalue weighted by Gasteiger charge is 2.22. The normalized spacial score (nSPS) is 12.5. The van der Waals surface area contributed by atoms with E-state index in [0.29, 0.717) is 0 Å². The smallest absolute Gasteiger partial charge is 0.123 e.